The van der Waals surface area contributed by atoms with Gasteiger partial charge >= 0.3 is 6.03 Å². The fourth-order valence-corrected chi connectivity index (χ4v) is 2.53. The molecular formula is C17H25N3O3. The van der Waals surface area contributed by atoms with E-state index in [2.05, 4.69) is 17.6 Å². The number of likely N-dealkylation sites (tertiary alicyclic amines) is 1. The third-order valence-corrected chi connectivity index (χ3v) is 3.96. The lowest BCUT2D eigenvalue weighted by atomic mass is 10.1. The van der Waals surface area contributed by atoms with Gasteiger partial charge in [0.2, 0.25) is 5.91 Å². The number of anilines is 1. The predicted molar refractivity (Wildman–Crippen MR) is 89.6 cm³/mol. The topological polar surface area (TPSA) is 70.7 Å². The molecule has 0 aromatic heterocycles. The van der Waals surface area contributed by atoms with E-state index >= 15 is 0 Å². The molecular weight excluding hydrogens is 294 g/mol. The van der Waals surface area contributed by atoms with Gasteiger partial charge in [0.25, 0.3) is 0 Å². The Kier molecular flexibility index (Phi) is 6.26. The highest BCUT2D eigenvalue weighted by molar-refractivity contribution is 5.90. The van der Waals surface area contributed by atoms with Crippen LogP contribution >= 0.6 is 0 Å². The molecule has 23 heavy (non-hydrogen) atoms. The lowest BCUT2D eigenvalue weighted by molar-refractivity contribution is -0.124. The number of hydrogen-bond acceptors (Lipinski definition) is 3. The molecule has 0 spiro atoms. The summed E-state index contributed by atoms with van der Waals surface area (Å²) in [6.45, 7) is 3.89. The summed E-state index contributed by atoms with van der Waals surface area (Å²) in [5.41, 5.74) is 0.723. The fraction of sp³-hybridized carbons (Fsp3) is 0.529. The van der Waals surface area contributed by atoms with Gasteiger partial charge in [0.1, 0.15) is 5.75 Å². The number of urea groups is 1. The molecule has 1 aromatic carbocycles. The molecule has 0 unspecified atom stereocenters. The Labute approximate surface area is 137 Å². The lowest BCUT2D eigenvalue weighted by Gasteiger charge is -2.17. The Morgan fingerprint density at radius 3 is 2.70 bits per heavy atom. The van der Waals surface area contributed by atoms with Crippen LogP contribution in [0.3, 0.4) is 0 Å². The molecule has 1 heterocycles. The maximum atomic E-state index is 12.2. The van der Waals surface area contributed by atoms with Crippen molar-refractivity contribution in [2.45, 2.75) is 26.2 Å². The van der Waals surface area contributed by atoms with Crippen molar-refractivity contribution in [1.82, 2.24) is 10.2 Å². The van der Waals surface area contributed by atoms with Gasteiger partial charge in [0, 0.05) is 25.8 Å². The zero-order valence-electron chi connectivity index (χ0n) is 13.8. The maximum Gasteiger partial charge on any atom is 0.321 e. The van der Waals surface area contributed by atoms with Gasteiger partial charge in [0.15, 0.2) is 0 Å². The van der Waals surface area contributed by atoms with Crippen molar-refractivity contribution >= 4 is 17.6 Å². The van der Waals surface area contributed by atoms with E-state index in [9.17, 15) is 9.59 Å². The average molecular weight is 319 g/mol. The van der Waals surface area contributed by atoms with E-state index in [1.807, 2.05) is 24.3 Å². The van der Waals surface area contributed by atoms with Crippen LogP contribution in [0.25, 0.3) is 0 Å². The van der Waals surface area contributed by atoms with Crippen molar-refractivity contribution in [2.24, 2.45) is 5.92 Å². The van der Waals surface area contributed by atoms with E-state index in [1.54, 1.807) is 11.9 Å². The second kappa shape index (κ2) is 8.41. The number of amides is 3. The quantitative estimate of drug-likeness (QED) is 0.791. The molecule has 1 aliphatic heterocycles. The van der Waals surface area contributed by atoms with Gasteiger partial charge in [-0.3, -0.25) is 4.79 Å². The Morgan fingerprint density at radius 2 is 2.04 bits per heavy atom. The molecule has 1 aliphatic rings. The minimum atomic E-state index is -0.170. The van der Waals surface area contributed by atoms with Crippen LogP contribution in [0.2, 0.25) is 0 Å². The van der Waals surface area contributed by atoms with Crippen molar-refractivity contribution < 1.29 is 14.3 Å². The monoisotopic (exact) mass is 319 g/mol. The van der Waals surface area contributed by atoms with E-state index in [1.165, 1.54) is 0 Å². The molecule has 0 saturated carbocycles. The van der Waals surface area contributed by atoms with Crippen LogP contribution in [0.5, 0.6) is 5.75 Å². The van der Waals surface area contributed by atoms with Gasteiger partial charge in [-0.2, -0.15) is 0 Å². The number of benzene rings is 1. The van der Waals surface area contributed by atoms with Crippen LogP contribution in [0.15, 0.2) is 24.3 Å². The molecule has 0 radical (unpaired) electrons. The average Bonchev–Trinajstić information content (AvgIpc) is 3.06. The van der Waals surface area contributed by atoms with Crippen molar-refractivity contribution in [2.75, 3.05) is 32.1 Å². The largest absolute Gasteiger partial charge is 0.494 e. The molecule has 0 aliphatic carbocycles. The van der Waals surface area contributed by atoms with Gasteiger partial charge in [-0.1, -0.05) is 13.3 Å². The molecule has 126 valence electrons. The first-order valence-electron chi connectivity index (χ1n) is 8.14. The first-order valence-corrected chi connectivity index (χ1v) is 8.14. The number of rotatable bonds is 6. The second-order valence-electron chi connectivity index (χ2n) is 5.70. The normalized spacial score (nSPS) is 17.0. The smallest absolute Gasteiger partial charge is 0.321 e. The van der Waals surface area contributed by atoms with Crippen LogP contribution in [-0.2, 0) is 4.79 Å². The molecule has 1 saturated heterocycles. The third-order valence-electron chi connectivity index (χ3n) is 3.96. The number of unbranched alkanes of at least 4 members (excludes halogenated alkanes) is 1. The Bertz CT molecular complexity index is 530. The SMILES string of the molecule is CCCCOc1ccc(NC(=O)N2CC[C@H](C(=O)NC)C2)cc1. The summed E-state index contributed by atoms with van der Waals surface area (Å²) in [5.74, 6) is 0.686. The number of hydrogen-bond donors (Lipinski definition) is 2. The number of ether oxygens (including phenoxy) is 1. The van der Waals surface area contributed by atoms with Crippen LogP contribution < -0.4 is 15.4 Å². The van der Waals surface area contributed by atoms with Gasteiger partial charge in [0.05, 0.1) is 12.5 Å². The third kappa shape index (κ3) is 4.87. The van der Waals surface area contributed by atoms with Crippen molar-refractivity contribution in [3.8, 4) is 5.75 Å². The van der Waals surface area contributed by atoms with Crippen LogP contribution in [-0.4, -0.2) is 43.6 Å². The van der Waals surface area contributed by atoms with Gasteiger partial charge in [-0.15, -0.1) is 0 Å². The molecule has 2 N–H and O–H groups in total. The highest BCUT2D eigenvalue weighted by Crippen LogP contribution is 2.19. The summed E-state index contributed by atoms with van der Waals surface area (Å²) >= 11 is 0. The highest BCUT2D eigenvalue weighted by atomic mass is 16.5. The van der Waals surface area contributed by atoms with E-state index in [0.29, 0.717) is 26.1 Å². The summed E-state index contributed by atoms with van der Waals surface area (Å²) in [6, 6.07) is 7.18. The minimum absolute atomic E-state index is 0.00567. The first kappa shape index (κ1) is 17.1. The molecule has 6 nitrogen and oxygen atoms in total. The highest BCUT2D eigenvalue weighted by Gasteiger charge is 2.30. The fourth-order valence-electron chi connectivity index (χ4n) is 2.53. The molecule has 1 fully saturated rings. The maximum absolute atomic E-state index is 12.2. The van der Waals surface area contributed by atoms with E-state index in [4.69, 9.17) is 4.74 Å². The molecule has 1 atom stereocenters. The second-order valence-corrected chi connectivity index (χ2v) is 5.70. The van der Waals surface area contributed by atoms with Crippen LogP contribution in [0.4, 0.5) is 10.5 Å². The zero-order valence-corrected chi connectivity index (χ0v) is 13.8. The summed E-state index contributed by atoms with van der Waals surface area (Å²) in [4.78, 5) is 25.5. The number of nitrogens with zero attached hydrogens (tertiary/aromatic N) is 1. The number of nitrogens with one attached hydrogen (secondary N) is 2. The Morgan fingerprint density at radius 1 is 1.30 bits per heavy atom. The summed E-state index contributed by atoms with van der Waals surface area (Å²) in [6.07, 6.45) is 2.83. The Hall–Kier alpha value is -2.24. The minimum Gasteiger partial charge on any atom is -0.494 e. The van der Waals surface area contributed by atoms with E-state index in [0.717, 1.165) is 24.3 Å². The molecule has 0 bridgehead atoms. The standard InChI is InChI=1S/C17H25N3O3/c1-3-4-11-23-15-7-5-14(6-8-15)19-17(22)20-10-9-13(12-20)16(21)18-2/h5-8,13H,3-4,9-12H2,1-2H3,(H,18,21)(H,19,22)/t13-/m0/s1. The molecule has 6 heteroatoms. The van der Waals surface area contributed by atoms with Gasteiger partial charge < -0.3 is 20.3 Å². The summed E-state index contributed by atoms with van der Waals surface area (Å²) in [5, 5.41) is 5.49. The molecule has 3 amide bonds. The van der Waals surface area contributed by atoms with Crippen molar-refractivity contribution in [3.63, 3.8) is 0 Å². The summed E-state index contributed by atoms with van der Waals surface area (Å²) < 4.78 is 5.59. The predicted octanol–water partition coefficient (Wildman–Crippen LogP) is 2.47. The zero-order chi connectivity index (χ0) is 16.7. The van der Waals surface area contributed by atoms with Crippen molar-refractivity contribution in [3.05, 3.63) is 24.3 Å². The van der Waals surface area contributed by atoms with Gasteiger partial charge in [-0.05, 0) is 37.1 Å². The number of carbonyl (C=O) groups excluding carboxylic acids is 2. The van der Waals surface area contributed by atoms with Crippen LogP contribution in [0.1, 0.15) is 26.2 Å². The molecule has 2 rings (SSSR count). The van der Waals surface area contributed by atoms with E-state index < -0.39 is 0 Å². The van der Waals surface area contributed by atoms with Gasteiger partial charge in [-0.25, -0.2) is 4.79 Å². The number of carbonyl (C=O) groups is 2. The molecule has 1 aromatic rings. The van der Waals surface area contributed by atoms with Crippen LogP contribution in [0, 0.1) is 5.92 Å². The summed E-state index contributed by atoms with van der Waals surface area (Å²) in [7, 11) is 1.62. The lowest BCUT2D eigenvalue weighted by Crippen LogP contribution is -2.35. The van der Waals surface area contributed by atoms with Crippen molar-refractivity contribution in [1.29, 1.82) is 0 Å². The Balaban J connectivity index is 1.82. The first-order chi connectivity index (χ1) is 11.1. The van der Waals surface area contributed by atoms with E-state index in [-0.39, 0.29) is 17.9 Å².